The molecule has 1 amide bonds. The Labute approximate surface area is 170 Å². The van der Waals surface area contributed by atoms with Crippen LogP contribution >= 0.6 is 11.6 Å². The molecule has 0 unspecified atom stereocenters. The number of hydrogen-bond donors (Lipinski definition) is 1. The maximum absolute atomic E-state index is 13.1. The third kappa shape index (κ3) is 6.07. The van der Waals surface area contributed by atoms with E-state index in [9.17, 15) is 30.8 Å². The molecule has 158 valence electrons. The van der Waals surface area contributed by atoms with Crippen LogP contribution in [0.15, 0.2) is 42.5 Å². The van der Waals surface area contributed by atoms with E-state index in [1.165, 1.54) is 24.3 Å². The molecule has 5 nitrogen and oxygen atoms in total. The molecule has 0 bridgehead atoms. The van der Waals surface area contributed by atoms with Crippen LogP contribution in [0.4, 0.5) is 23.2 Å². The molecular weight excluding hydrogens is 436 g/mol. The van der Waals surface area contributed by atoms with Gasteiger partial charge in [-0.15, -0.1) is 0 Å². The van der Waals surface area contributed by atoms with Crippen LogP contribution in [0.25, 0.3) is 0 Å². The first-order chi connectivity index (χ1) is 13.3. The summed E-state index contributed by atoms with van der Waals surface area (Å²) in [6.45, 7) is 0.850. The SMILES string of the molecule is C[C@@H](NC(=O)CN(c1ccc(Cl)c(C(F)(F)F)c1)S(C)(=O)=O)c1ccc(F)cc1. The number of amides is 1. The molecule has 0 aromatic heterocycles. The maximum Gasteiger partial charge on any atom is 0.417 e. The molecule has 2 rings (SSSR count). The minimum absolute atomic E-state index is 0.353. The molecule has 0 saturated carbocycles. The van der Waals surface area contributed by atoms with Crippen molar-refractivity contribution in [3.63, 3.8) is 0 Å². The van der Waals surface area contributed by atoms with Crippen molar-refractivity contribution in [3.05, 3.63) is 64.4 Å². The number of rotatable bonds is 6. The van der Waals surface area contributed by atoms with Gasteiger partial charge in [-0.3, -0.25) is 9.10 Å². The second-order valence-corrected chi connectivity index (χ2v) is 8.59. The molecule has 2 aromatic rings. The quantitative estimate of drug-likeness (QED) is 0.670. The summed E-state index contributed by atoms with van der Waals surface area (Å²) >= 11 is 5.56. The largest absolute Gasteiger partial charge is 0.417 e. The topological polar surface area (TPSA) is 66.5 Å². The summed E-state index contributed by atoms with van der Waals surface area (Å²) in [4.78, 5) is 12.3. The summed E-state index contributed by atoms with van der Waals surface area (Å²) in [5, 5.41) is 1.93. The van der Waals surface area contributed by atoms with Gasteiger partial charge in [0.1, 0.15) is 12.4 Å². The number of alkyl halides is 3. The van der Waals surface area contributed by atoms with Crippen LogP contribution in [-0.2, 0) is 21.0 Å². The van der Waals surface area contributed by atoms with Gasteiger partial charge in [0.2, 0.25) is 15.9 Å². The van der Waals surface area contributed by atoms with E-state index in [0.29, 0.717) is 15.9 Å². The van der Waals surface area contributed by atoms with E-state index < -0.39 is 51.1 Å². The van der Waals surface area contributed by atoms with E-state index >= 15 is 0 Å². The minimum atomic E-state index is -4.80. The summed E-state index contributed by atoms with van der Waals surface area (Å²) < 4.78 is 77.0. The molecule has 1 atom stereocenters. The van der Waals surface area contributed by atoms with Crippen LogP contribution in [0.2, 0.25) is 5.02 Å². The molecule has 0 aliphatic heterocycles. The molecule has 0 radical (unpaired) electrons. The molecule has 0 heterocycles. The number of hydrogen-bond acceptors (Lipinski definition) is 3. The van der Waals surface area contributed by atoms with E-state index in [0.717, 1.165) is 18.4 Å². The first-order valence-corrected chi connectivity index (χ1v) is 10.4. The van der Waals surface area contributed by atoms with Crippen molar-refractivity contribution >= 4 is 33.2 Å². The average Bonchev–Trinajstić information content (AvgIpc) is 2.59. The normalized spacial score (nSPS) is 13.1. The zero-order valence-electron chi connectivity index (χ0n) is 15.3. The highest BCUT2D eigenvalue weighted by Gasteiger charge is 2.34. The third-order valence-corrected chi connectivity index (χ3v) is 5.45. The first-order valence-electron chi connectivity index (χ1n) is 8.18. The Morgan fingerprint density at radius 2 is 1.76 bits per heavy atom. The van der Waals surface area contributed by atoms with Gasteiger partial charge in [0, 0.05) is 0 Å². The van der Waals surface area contributed by atoms with Crippen LogP contribution in [0.5, 0.6) is 0 Å². The van der Waals surface area contributed by atoms with E-state index in [1.807, 2.05) is 0 Å². The fraction of sp³-hybridized carbons (Fsp3) is 0.278. The van der Waals surface area contributed by atoms with Crippen LogP contribution in [0, 0.1) is 5.82 Å². The summed E-state index contributed by atoms with van der Waals surface area (Å²) in [6, 6.07) is 7.28. The van der Waals surface area contributed by atoms with Crippen molar-refractivity contribution < 1.29 is 30.8 Å². The van der Waals surface area contributed by atoms with Crippen LogP contribution < -0.4 is 9.62 Å². The molecule has 0 spiro atoms. The lowest BCUT2D eigenvalue weighted by atomic mass is 10.1. The Morgan fingerprint density at radius 3 is 2.28 bits per heavy atom. The zero-order valence-corrected chi connectivity index (χ0v) is 16.9. The second kappa shape index (κ2) is 8.58. The monoisotopic (exact) mass is 452 g/mol. The second-order valence-electron chi connectivity index (χ2n) is 6.27. The van der Waals surface area contributed by atoms with Crippen molar-refractivity contribution in [2.24, 2.45) is 0 Å². The number of benzene rings is 2. The lowest BCUT2D eigenvalue weighted by Crippen LogP contribution is -2.41. The smallest absolute Gasteiger partial charge is 0.348 e. The Morgan fingerprint density at radius 1 is 1.17 bits per heavy atom. The molecule has 0 aliphatic rings. The first kappa shape index (κ1) is 23.0. The molecule has 0 fully saturated rings. The fourth-order valence-electron chi connectivity index (χ4n) is 2.54. The summed E-state index contributed by atoms with van der Waals surface area (Å²) in [6.07, 6.45) is -4.03. The van der Waals surface area contributed by atoms with Crippen LogP contribution in [0.3, 0.4) is 0 Å². The summed E-state index contributed by atoms with van der Waals surface area (Å²) in [5.74, 6) is -1.21. The predicted molar refractivity (Wildman–Crippen MR) is 102 cm³/mol. The van der Waals surface area contributed by atoms with Crippen molar-refractivity contribution in [2.75, 3.05) is 17.1 Å². The van der Waals surface area contributed by atoms with Gasteiger partial charge in [-0.1, -0.05) is 23.7 Å². The van der Waals surface area contributed by atoms with Gasteiger partial charge in [0.25, 0.3) is 0 Å². The Kier molecular flexibility index (Phi) is 6.79. The summed E-state index contributed by atoms with van der Waals surface area (Å²) in [5.41, 5.74) is -1.00. The Bertz CT molecular complexity index is 995. The third-order valence-electron chi connectivity index (χ3n) is 3.98. The van der Waals surface area contributed by atoms with Crippen molar-refractivity contribution in [1.29, 1.82) is 0 Å². The summed E-state index contributed by atoms with van der Waals surface area (Å²) in [7, 11) is -4.08. The molecule has 29 heavy (non-hydrogen) atoms. The van der Waals surface area contributed by atoms with E-state index in [1.54, 1.807) is 6.92 Å². The number of halogens is 5. The van der Waals surface area contributed by atoms with E-state index in [2.05, 4.69) is 5.32 Å². The van der Waals surface area contributed by atoms with E-state index in [-0.39, 0.29) is 5.69 Å². The van der Waals surface area contributed by atoms with Crippen molar-refractivity contribution in [2.45, 2.75) is 19.1 Å². The molecule has 0 aliphatic carbocycles. The predicted octanol–water partition coefficient (Wildman–Crippen LogP) is 4.14. The number of carbonyl (C=O) groups is 1. The highest BCUT2D eigenvalue weighted by atomic mass is 35.5. The molecule has 1 N–H and O–H groups in total. The van der Waals surface area contributed by atoms with E-state index in [4.69, 9.17) is 11.6 Å². The Hall–Kier alpha value is -2.33. The van der Waals surface area contributed by atoms with Crippen molar-refractivity contribution in [3.8, 4) is 0 Å². The highest BCUT2D eigenvalue weighted by molar-refractivity contribution is 7.92. The number of anilines is 1. The van der Waals surface area contributed by atoms with Gasteiger partial charge in [0.05, 0.1) is 28.6 Å². The van der Waals surface area contributed by atoms with Gasteiger partial charge in [-0.2, -0.15) is 13.2 Å². The van der Waals surface area contributed by atoms with Gasteiger partial charge < -0.3 is 5.32 Å². The fourth-order valence-corrected chi connectivity index (χ4v) is 3.61. The molecular formula is C18H17ClF4N2O3S. The number of sulfonamides is 1. The average molecular weight is 453 g/mol. The van der Waals surface area contributed by atoms with Gasteiger partial charge >= 0.3 is 6.18 Å². The van der Waals surface area contributed by atoms with Crippen LogP contribution in [0.1, 0.15) is 24.1 Å². The van der Waals surface area contributed by atoms with Crippen LogP contribution in [-0.4, -0.2) is 27.1 Å². The van der Waals surface area contributed by atoms with Gasteiger partial charge in [0.15, 0.2) is 0 Å². The molecule has 2 aromatic carbocycles. The molecule has 0 saturated heterocycles. The standard InChI is InChI=1S/C18H17ClF4N2O3S/c1-11(12-3-5-13(20)6-4-12)24-17(26)10-25(29(2,27)28)14-7-8-16(19)15(9-14)18(21,22)23/h3-9,11H,10H2,1-2H3,(H,24,26)/t11-/m1/s1. The highest BCUT2D eigenvalue weighted by Crippen LogP contribution is 2.37. The molecule has 11 heteroatoms. The van der Waals surface area contributed by atoms with Gasteiger partial charge in [-0.25, -0.2) is 12.8 Å². The lowest BCUT2D eigenvalue weighted by molar-refractivity contribution is -0.137. The minimum Gasteiger partial charge on any atom is -0.348 e. The Balaban J connectivity index is 2.26. The number of nitrogens with one attached hydrogen (secondary N) is 1. The van der Waals surface area contributed by atoms with Crippen molar-refractivity contribution in [1.82, 2.24) is 5.32 Å². The number of nitrogens with zero attached hydrogens (tertiary/aromatic N) is 1. The zero-order chi connectivity index (χ0) is 22.0. The maximum atomic E-state index is 13.1. The number of carbonyl (C=O) groups excluding carboxylic acids is 1. The van der Waals surface area contributed by atoms with Gasteiger partial charge in [-0.05, 0) is 42.8 Å². The lowest BCUT2D eigenvalue weighted by Gasteiger charge is -2.24.